The summed E-state index contributed by atoms with van der Waals surface area (Å²) in [5.74, 6) is -9.22. The molecule has 100 heavy (non-hydrogen) atoms. The third kappa shape index (κ3) is 18.0. The molecule has 2 aromatic rings. The molecule has 1 aliphatic carbocycles. The number of aliphatic hydroxyl groups excluding tert-OH is 13. The highest BCUT2D eigenvalue weighted by molar-refractivity contribution is 5.98. The minimum atomic E-state index is -2.35. The van der Waals surface area contributed by atoms with Crippen molar-refractivity contribution < 1.29 is 128 Å². The molecule has 4 saturated heterocycles. The Morgan fingerprint density at radius 3 is 1.89 bits per heavy atom. The van der Waals surface area contributed by atoms with Crippen LogP contribution in [0.2, 0.25) is 0 Å². The topological polar surface area (TPSA) is 602 Å². The molecule has 1 saturated carbocycles. The Bertz CT molecular complexity index is 3190. The van der Waals surface area contributed by atoms with Crippen LogP contribution in [0.5, 0.6) is 5.75 Å². The minimum Gasteiger partial charge on any atom is -0.463 e. The van der Waals surface area contributed by atoms with Gasteiger partial charge in [0, 0.05) is 18.8 Å². The molecular weight excluding hydrogens is 1330 g/mol. The van der Waals surface area contributed by atoms with E-state index in [1.165, 1.54) is 24.3 Å². The fourth-order valence-electron chi connectivity index (χ4n) is 13.1. The maximum absolute atomic E-state index is 15.2. The van der Waals surface area contributed by atoms with E-state index in [0.717, 1.165) is 30.6 Å². The van der Waals surface area contributed by atoms with Crippen molar-refractivity contribution in [3.63, 3.8) is 0 Å². The van der Waals surface area contributed by atoms with E-state index in [1.807, 2.05) is 0 Å². The molecule has 7 aliphatic rings. The van der Waals surface area contributed by atoms with Crippen LogP contribution in [-0.4, -0.2) is 317 Å². The predicted molar refractivity (Wildman–Crippen MR) is 338 cm³/mol. The highest BCUT2D eigenvalue weighted by atomic mass is 16.7. The van der Waals surface area contributed by atoms with E-state index in [4.69, 9.17) is 39.9 Å². The number of nitrogens with two attached hydrogens (primary N) is 2. The summed E-state index contributed by atoms with van der Waals surface area (Å²) in [5, 5.41) is 160. The lowest BCUT2D eigenvalue weighted by Crippen LogP contribution is -2.70. The highest BCUT2D eigenvalue weighted by Crippen LogP contribution is 2.34. The van der Waals surface area contributed by atoms with Crippen molar-refractivity contribution in [2.45, 2.75) is 204 Å². The van der Waals surface area contributed by atoms with Gasteiger partial charge >= 0.3 is 5.97 Å². The summed E-state index contributed by atoms with van der Waals surface area (Å²) in [6.07, 6.45) is -27.1. The Labute approximate surface area is 571 Å². The van der Waals surface area contributed by atoms with Crippen molar-refractivity contribution in [1.82, 2.24) is 42.1 Å². The molecule has 6 amide bonds. The first-order valence-corrected chi connectivity index (χ1v) is 32.9. The van der Waals surface area contributed by atoms with Crippen LogP contribution in [0.3, 0.4) is 0 Å². The molecule has 6 aliphatic heterocycles. The smallest absolute Gasteiger partial charge is 0.305 e. The lowest BCUT2D eigenvalue weighted by Gasteiger charge is -2.46. The van der Waals surface area contributed by atoms with Crippen LogP contribution in [0.4, 0.5) is 0 Å². The fourth-order valence-corrected chi connectivity index (χ4v) is 13.1. The second-order valence-electron chi connectivity index (χ2n) is 25.8. The highest BCUT2D eigenvalue weighted by Gasteiger charge is 2.54. The van der Waals surface area contributed by atoms with E-state index in [2.05, 4.69) is 47.2 Å². The number of hydrogen-bond acceptors (Lipinski definition) is 32. The van der Waals surface area contributed by atoms with Gasteiger partial charge in [-0.1, -0.05) is 75.1 Å². The van der Waals surface area contributed by atoms with Gasteiger partial charge in [-0.05, 0) is 35.6 Å². The van der Waals surface area contributed by atoms with Gasteiger partial charge in [0.05, 0.1) is 51.5 Å². The molecule has 9 rings (SSSR count). The van der Waals surface area contributed by atoms with Gasteiger partial charge < -0.3 is 148 Å². The van der Waals surface area contributed by atoms with Crippen LogP contribution >= 0.6 is 0 Å². The Morgan fingerprint density at radius 1 is 0.620 bits per heavy atom. The fraction of sp³-hybridized carbons (Fsp3) is 0.661. The molecule has 5 fully saturated rings. The lowest BCUT2D eigenvalue weighted by molar-refractivity contribution is -0.352. The minimum absolute atomic E-state index is 0.0794. The number of hydrogen-bond donors (Lipinski definition) is 22. The van der Waals surface area contributed by atoms with E-state index < -0.39 is 246 Å². The van der Waals surface area contributed by atoms with Crippen molar-refractivity contribution in [1.29, 1.82) is 0 Å². The van der Waals surface area contributed by atoms with Crippen LogP contribution in [0, 0.1) is 5.92 Å². The van der Waals surface area contributed by atoms with E-state index in [9.17, 15) is 90.4 Å². The number of benzene rings is 2. The number of aliphatic imine (C=N–C) groups is 2. The Hall–Kier alpha value is -7.61. The molecule has 5 unspecified atom stereocenters. The normalized spacial score (nSPS) is 36.2. The zero-order valence-corrected chi connectivity index (χ0v) is 54.2. The number of esters is 1. The standard InChI is InChI=1S/C62H90N12O26/c1-25(28-9-3-2-4-10-28)39-55(92)68-30(17-27-11-14-29(15-12-27)96-59-51(89)48(86)52(35(23-77)98-59)100-60-50(88)47(85)45(83)36(99-60)24-95-38(79)16-13-26-7-5-6-8-26)54(91)72-40(42(80)31-18-66-61(63)70-31)57(94)73-41(56(93)69-32(21-75)53(90)65-20-37(78)71-39)43(81)33-19-67-62(64)74(33)58-49(87)46(84)44(82)34(22-76)97-58/h2-4,9-12,14-15,25-26,30-36,39-52,58-60,75-77,80-89H,5-8,13,16-24H2,1H3,(H2,64,67)(H,65,90)(H,68,92)(H,69,93)(H,71,78)(H,72,91)(H,73,94)(H3,63,66,70)/t25?,30-,31?,32+,33?,34-,35-,36-,39+,40+,41-,42?,43?,44-,45-,46+,47+,48-,49+,50+,51+,52-,58+,59+,60-/m1/s1. The number of aliphatic hydroxyl groups is 13. The van der Waals surface area contributed by atoms with Gasteiger partial charge in [-0.2, -0.15) is 0 Å². The summed E-state index contributed by atoms with van der Waals surface area (Å²) in [5.41, 5.74) is 12.8. The predicted octanol–water partition coefficient (Wildman–Crippen LogP) is -11.1. The molecule has 554 valence electrons. The SMILES string of the molecule is CC(c1ccccc1)[C@@H]1NC(=O)CNC(=O)[C@H](CO)NC(=O)[C@@H](C(O)C2CN=C(N)N2[C@H]2O[C@H](CO)[C@@H](O)[C@H](O)[C@@H]2O)NC(=O)[C@H](C(O)C2CN=C(N)N2)NC(=O)[C@@H](Cc2ccc(O[C@H]3O[C@H](CO)[C@@H](O[C@H]4O[C@H](COC(=O)CCC5CCCC5)[C@@H](O)[C@H](O)[C@@H]4O)[C@H](O)[C@@H]3O)cc2)NC1=O. The summed E-state index contributed by atoms with van der Waals surface area (Å²) in [6.45, 7) is -3.74. The van der Waals surface area contributed by atoms with Gasteiger partial charge in [0.2, 0.25) is 41.7 Å². The number of amides is 6. The van der Waals surface area contributed by atoms with Gasteiger partial charge in [0.25, 0.3) is 0 Å². The molecule has 0 bridgehead atoms. The number of ether oxygens (including phenoxy) is 6. The van der Waals surface area contributed by atoms with Crippen molar-refractivity contribution in [2.24, 2.45) is 27.4 Å². The molecule has 0 radical (unpaired) electrons. The van der Waals surface area contributed by atoms with E-state index in [0.29, 0.717) is 17.9 Å². The van der Waals surface area contributed by atoms with Crippen LogP contribution < -0.4 is 53.4 Å². The molecule has 38 heteroatoms. The molecule has 0 spiro atoms. The maximum Gasteiger partial charge on any atom is 0.305 e. The van der Waals surface area contributed by atoms with E-state index in [1.54, 1.807) is 37.3 Å². The third-order valence-electron chi connectivity index (χ3n) is 19.0. The van der Waals surface area contributed by atoms with E-state index in [-0.39, 0.29) is 30.2 Å². The quantitative estimate of drug-likeness (QED) is 0.0516. The number of rotatable bonds is 21. The van der Waals surface area contributed by atoms with Crippen LogP contribution in [0.15, 0.2) is 64.6 Å². The van der Waals surface area contributed by atoms with Crippen LogP contribution in [0.1, 0.15) is 62.5 Å². The third-order valence-corrected chi connectivity index (χ3v) is 19.0. The van der Waals surface area contributed by atoms with Crippen molar-refractivity contribution in [2.75, 3.05) is 46.1 Å². The first-order valence-electron chi connectivity index (χ1n) is 32.9. The second kappa shape index (κ2) is 34.4. The average Bonchev–Trinajstić information content (AvgIpc) is 1.36. The van der Waals surface area contributed by atoms with E-state index >= 15 is 9.59 Å². The monoisotopic (exact) mass is 1420 g/mol. The number of carbonyl (C=O) groups excluding carboxylic acids is 7. The van der Waals surface area contributed by atoms with Crippen LogP contribution in [-0.2, 0) is 63.7 Å². The van der Waals surface area contributed by atoms with Gasteiger partial charge in [-0.3, -0.25) is 43.5 Å². The zero-order valence-electron chi connectivity index (χ0n) is 54.2. The zero-order chi connectivity index (χ0) is 72.4. The summed E-state index contributed by atoms with van der Waals surface area (Å²) < 4.78 is 34.3. The van der Waals surface area contributed by atoms with Gasteiger partial charge in [0.15, 0.2) is 24.4 Å². The average molecular weight is 1420 g/mol. The summed E-state index contributed by atoms with van der Waals surface area (Å²) in [7, 11) is 0. The summed E-state index contributed by atoms with van der Waals surface area (Å²) in [6, 6.07) is 0.791. The summed E-state index contributed by atoms with van der Waals surface area (Å²) >= 11 is 0. The molecule has 6 heterocycles. The van der Waals surface area contributed by atoms with Crippen molar-refractivity contribution >= 4 is 53.3 Å². The van der Waals surface area contributed by atoms with Crippen molar-refractivity contribution in [3.8, 4) is 5.75 Å². The number of carbonyl (C=O) groups is 7. The molecule has 24 N–H and O–H groups in total. The van der Waals surface area contributed by atoms with Gasteiger partial charge in [-0.25, -0.2) is 0 Å². The lowest BCUT2D eigenvalue weighted by atomic mass is 9.92. The first kappa shape index (κ1) is 76.6. The molecular formula is C62H90N12O26. The van der Waals surface area contributed by atoms with Gasteiger partial charge in [0.1, 0.15) is 128 Å². The summed E-state index contributed by atoms with van der Waals surface area (Å²) in [4.78, 5) is 109. The molecule has 38 nitrogen and oxygen atoms in total. The first-order chi connectivity index (χ1) is 47.7. The number of guanidine groups is 2. The van der Waals surface area contributed by atoms with Crippen molar-refractivity contribution in [3.05, 3.63) is 65.7 Å². The Morgan fingerprint density at radius 2 is 1.23 bits per heavy atom. The maximum atomic E-state index is 15.2. The second-order valence-corrected chi connectivity index (χ2v) is 25.8. The number of nitrogens with zero attached hydrogens (tertiary/aromatic N) is 3. The molecule has 2 aromatic carbocycles. The largest absolute Gasteiger partial charge is 0.463 e. The molecule has 0 aromatic heterocycles. The van der Waals surface area contributed by atoms with Gasteiger partial charge in [-0.15, -0.1) is 0 Å². The molecule has 25 atom stereocenters. The Kier molecular flexibility index (Phi) is 26.3. The van der Waals surface area contributed by atoms with Crippen LogP contribution in [0.25, 0.3) is 0 Å². The Balaban J connectivity index is 0.972. The number of nitrogens with one attached hydrogen (secondary N) is 7.